The number of pyridine rings is 1. The van der Waals surface area contributed by atoms with Gasteiger partial charge in [-0.2, -0.15) is 0 Å². The summed E-state index contributed by atoms with van der Waals surface area (Å²) in [7, 11) is 0. The fraction of sp³-hybridized carbons (Fsp3) is 0.444. The lowest BCUT2D eigenvalue weighted by Gasteiger charge is -2.25. The first-order valence-electron chi connectivity index (χ1n) is 4.05. The van der Waals surface area contributed by atoms with Crippen molar-refractivity contribution in [1.29, 1.82) is 0 Å². The zero-order valence-electron chi connectivity index (χ0n) is 6.34. The van der Waals surface area contributed by atoms with E-state index < -0.39 is 0 Å². The molecule has 0 radical (unpaired) electrons. The van der Waals surface area contributed by atoms with Crippen LogP contribution in [-0.4, -0.2) is 4.98 Å². The van der Waals surface area contributed by atoms with E-state index in [1.165, 1.54) is 24.8 Å². The van der Waals surface area contributed by atoms with Crippen molar-refractivity contribution in [1.82, 2.24) is 4.98 Å². The number of hydrogen-bond donors (Lipinski definition) is 1. The molecule has 0 saturated heterocycles. The third kappa shape index (κ3) is 1.20. The summed E-state index contributed by atoms with van der Waals surface area (Å²) in [4.78, 5) is 13.4. The van der Waals surface area contributed by atoms with Gasteiger partial charge in [-0.3, -0.25) is 4.79 Å². The van der Waals surface area contributed by atoms with Gasteiger partial charge in [-0.05, 0) is 24.3 Å². The van der Waals surface area contributed by atoms with E-state index in [1.807, 2.05) is 12.3 Å². The first-order valence-corrected chi connectivity index (χ1v) is 4.05. The molecule has 1 aliphatic carbocycles. The summed E-state index contributed by atoms with van der Waals surface area (Å²) in [6.45, 7) is 0. The van der Waals surface area contributed by atoms with Crippen molar-refractivity contribution in [2.75, 3.05) is 0 Å². The van der Waals surface area contributed by atoms with Gasteiger partial charge in [0.15, 0.2) is 0 Å². The molecule has 0 aromatic carbocycles. The Bertz CT molecular complexity index is 278. The summed E-state index contributed by atoms with van der Waals surface area (Å²) in [5.74, 6) is 0.715. The number of aromatic amines is 1. The SMILES string of the molecule is O=c1ccc(C2CCC2)c[nH]1. The largest absolute Gasteiger partial charge is 0.329 e. The molecular weight excluding hydrogens is 138 g/mol. The molecule has 1 aromatic rings. The van der Waals surface area contributed by atoms with Crippen LogP contribution in [0.2, 0.25) is 0 Å². The van der Waals surface area contributed by atoms with Crippen molar-refractivity contribution >= 4 is 0 Å². The molecule has 1 aliphatic rings. The van der Waals surface area contributed by atoms with E-state index >= 15 is 0 Å². The number of aromatic nitrogens is 1. The maximum Gasteiger partial charge on any atom is 0.247 e. The predicted octanol–water partition coefficient (Wildman–Crippen LogP) is 1.64. The van der Waals surface area contributed by atoms with Crippen LogP contribution in [0.25, 0.3) is 0 Å². The van der Waals surface area contributed by atoms with Gasteiger partial charge >= 0.3 is 0 Å². The molecule has 1 saturated carbocycles. The van der Waals surface area contributed by atoms with E-state index in [1.54, 1.807) is 6.07 Å². The van der Waals surface area contributed by atoms with Gasteiger partial charge in [0.1, 0.15) is 0 Å². The van der Waals surface area contributed by atoms with E-state index in [4.69, 9.17) is 0 Å². The molecule has 0 aliphatic heterocycles. The van der Waals surface area contributed by atoms with Crippen LogP contribution in [0.1, 0.15) is 30.7 Å². The van der Waals surface area contributed by atoms with Gasteiger partial charge in [0, 0.05) is 12.3 Å². The number of nitrogens with one attached hydrogen (secondary N) is 1. The summed E-state index contributed by atoms with van der Waals surface area (Å²) < 4.78 is 0. The highest BCUT2D eigenvalue weighted by Crippen LogP contribution is 2.35. The highest BCUT2D eigenvalue weighted by atomic mass is 16.1. The standard InChI is InChI=1S/C9H11NO/c11-9-5-4-8(6-10-9)7-2-1-3-7/h4-7H,1-3H2,(H,10,11). The molecule has 2 heteroatoms. The fourth-order valence-corrected chi connectivity index (χ4v) is 1.42. The van der Waals surface area contributed by atoms with Crippen molar-refractivity contribution in [2.45, 2.75) is 25.2 Å². The number of H-pyrrole nitrogens is 1. The third-order valence-corrected chi connectivity index (χ3v) is 2.38. The van der Waals surface area contributed by atoms with Crippen molar-refractivity contribution in [3.05, 3.63) is 34.2 Å². The molecule has 58 valence electrons. The van der Waals surface area contributed by atoms with E-state index in [-0.39, 0.29) is 5.56 Å². The molecular formula is C9H11NO. The summed E-state index contributed by atoms with van der Waals surface area (Å²) in [6.07, 6.45) is 5.74. The third-order valence-electron chi connectivity index (χ3n) is 2.38. The fourth-order valence-electron chi connectivity index (χ4n) is 1.42. The molecule has 0 atom stereocenters. The van der Waals surface area contributed by atoms with Crippen LogP contribution < -0.4 is 5.56 Å². The van der Waals surface area contributed by atoms with Crippen LogP contribution in [0.15, 0.2) is 23.1 Å². The van der Waals surface area contributed by atoms with Gasteiger partial charge in [0.25, 0.3) is 0 Å². The van der Waals surface area contributed by atoms with Gasteiger partial charge in [-0.1, -0.05) is 12.5 Å². The zero-order valence-corrected chi connectivity index (χ0v) is 6.34. The Balaban J connectivity index is 2.25. The highest BCUT2D eigenvalue weighted by Gasteiger charge is 2.18. The van der Waals surface area contributed by atoms with E-state index in [9.17, 15) is 4.79 Å². The maximum absolute atomic E-state index is 10.7. The molecule has 2 nitrogen and oxygen atoms in total. The van der Waals surface area contributed by atoms with Crippen molar-refractivity contribution in [3.63, 3.8) is 0 Å². The highest BCUT2D eigenvalue weighted by molar-refractivity contribution is 5.16. The Morgan fingerprint density at radius 2 is 2.18 bits per heavy atom. The molecule has 1 heterocycles. The average Bonchev–Trinajstić information content (AvgIpc) is 1.90. The van der Waals surface area contributed by atoms with E-state index in [0.717, 1.165) is 0 Å². The van der Waals surface area contributed by atoms with Gasteiger partial charge in [-0.15, -0.1) is 0 Å². The summed E-state index contributed by atoms with van der Waals surface area (Å²) >= 11 is 0. The summed E-state index contributed by atoms with van der Waals surface area (Å²) in [6, 6.07) is 3.54. The molecule has 1 fully saturated rings. The Hall–Kier alpha value is -1.05. The van der Waals surface area contributed by atoms with Gasteiger partial charge in [0.05, 0.1) is 0 Å². The molecule has 2 rings (SSSR count). The zero-order chi connectivity index (χ0) is 7.68. The minimum atomic E-state index is -0.00641. The molecule has 1 aromatic heterocycles. The molecule has 0 amide bonds. The Labute approximate surface area is 65.3 Å². The van der Waals surface area contributed by atoms with Gasteiger partial charge < -0.3 is 4.98 Å². The molecule has 0 bridgehead atoms. The predicted molar refractivity (Wildman–Crippen MR) is 43.7 cm³/mol. The van der Waals surface area contributed by atoms with Crippen molar-refractivity contribution in [2.24, 2.45) is 0 Å². The first-order chi connectivity index (χ1) is 5.36. The normalized spacial score (nSPS) is 17.8. The van der Waals surface area contributed by atoms with Crippen LogP contribution in [0.3, 0.4) is 0 Å². The smallest absolute Gasteiger partial charge is 0.247 e. The first kappa shape index (κ1) is 6.65. The van der Waals surface area contributed by atoms with Gasteiger partial charge in [0.2, 0.25) is 5.56 Å². The van der Waals surface area contributed by atoms with Crippen LogP contribution in [-0.2, 0) is 0 Å². The second-order valence-electron chi connectivity index (χ2n) is 3.11. The Morgan fingerprint density at radius 3 is 2.64 bits per heavy atom. The monoisotopic (exact) mass is 149 g/mol. The van der Waals surface area contributed by atoms with E-state index in [2.05, 4.69) is 4.98 Å². The van der Waals surface area contributed by atoms with E-state index in [0.29, 0.717) is 5.92 Å². The topological polar surface area (TPSA) is 32.9 Å². The second kappa shape index (κ2) is 2.53. The average molecular weight is 149 g/mol. The van der Waals surface area contributed by atoms with Crippen LogP contribution in [0.5, 0.6) is 0 Å². The molecule has 11 heavy (non-hydrogen) atoms. The second-order valence-corrected chi connectivity index (χ2v) is 3.11. The molecule has 0 unspecified atom stereocenters. The quantitative estimate of drug-likeness (QED) is 0.647. The summed E-state index contributed by atoms with van der Waals surface area (Å²) in [5.41, 5.74) is 1.28. The van der Waals surface area contributed by atoms with Crippen molar-refractivity contribution < 1.29 is 0 Å². The van der Waals surface area contributed by atoms with Crippen molar-refractivity contribution in [3.8, 4) is 0 Å². The molecule has 0 spiro atoms. The van der Waals surface area contributed by atoms with Crippen LogP contribution >= 0.6 is 0 Å². The minimum absolute atomic E-state index is 0.00641. The van der Waals surface area contributed by atoms with Crippen LogP contribution in [0, 0.1) is 0 Å². The number of rotatable bonds is 1. The van der Waals surface area contributed by atoms with Gasteiger partial charge in [-0.25, -0.2) is 0 Å². The lowest BCUT2D eigenvalue weighted by molar-refractivity contribution is 0.418. The maximum atomic E-state index is 10.7. The lowest BCUT2D eigenvalue weighted by Crippen LogP contribution is -2.11. The number of hydrogen-bond acceptors (Lipinski definition) is 1. The van der Waals surface area contributed by atoms with Crippen LogP contribution in [0.4, 0.5) is 0 Å². The Kier molecular flexibility index (Phi) is 1.53. The minimum Gasteiger partial charge on any atom is -0.329 e. The lowest BCUT2D eigenvalue weighted by atomic mass is 9.81. The molecule has 1 N–H and O–H groups in total. The Morgan fingerprint density at radius 1 is 1.36 bits per heavy atom. The summed E-state index contributed by atoms with van der Waals surface area (Å²) in [5, 5.41) is 0.